The molecule has 0 unspecified atom stereocenters. The standard InChI is InChI=1S/C43H42O9Si/c1-43(2,3)53(33-25-15-7-16-26-33,34-27-17-8-18-28-34)48-29-35-36(50-39(44)30-19-9-4-10-20-30)37(51-40(45)31-21-11-5-12-22-31)38(42(47)49-35)52-41(46)32-23-13-6-14-24-32/h4-28,35-38,42,47H,29H2,1-3H3/t35-,36-,37+,38+,42+/m1/s1. The van der Waals surface area contributed by atoms with E-state index in [2.05, 4.69) is 20.8 Å². The maximum atomic E-state index is 13.8. The Morgan fingerprint density at radius 2 is 0.887 bits per heavy atom. The lowest BCUT2D eigenvalue weighted by Crippen LogP contribution is -2.68. The summed E-state index contributed by atoms with van der Waals surface area (Å²) in [7, 11) is -3.18. The number of esters is 3. The van der Waals surface area contributed by atoms with Gasteiger partial charge in [0.15, 0.2) is 24.6 Å². The fourth-order valence-electron chi connectivity index (χ4n) is 6.70. The molecule has 5 aromatic rings. The molecule has 6 rings (SSSR count). The normalized spacial score (nSPS) is 20.2. The number of aliphatic hydroxyl groups is 1. The van der Waals surface area contributed by atoms with Gasteiger partial charge in [-0.15, -0.1) is 0 Å². The lowest BCUT2D eigenvalue weighted by molar-refractivity contribution is -0.283. The molecule has 10 heteroatoms. The summed E-state index contributed by atoms with van der Waals surface area (Å²) in [6, 6.07) is 44.6. The maximum absolute atomic E-state index is 13.8. The molecule has 1 aliphatic heterocycles. The van der Waals surface area contributed by atoms with Gasteiger partial charge in [0.1, 0.15) is 6.10 Å². The van der Waals surface area contributed by atoms with Gasteiger partial charge in [-0.2, -0.15) is 0 Å². The van der Waals surface area contributed by atoms with Crippen LogP contribution >= 0.6 is 0 Å². The Morgan fingerprint density at radius 3 is 1.26 bits per heavy atom. The number of benzene rings is 5. The highest BCUT2D eigenvalue weighted by Gasteiger charge is 2.55. The van der Waals surface area contributed by atoms with Crippen LogP contribution in [-0.2, 0) is 23.4 Å². The monoisotopic (exact) mass is 730 g/mol. The first kappa shape index (κ1) is 37.4. The Bertz CT molecular complexity index is 1910. The van der Waals surface area contributed by atoms with Crippen LogP contribution in [0.4, 0.5) is 0 Å². The van der Waals surface area contributed by atoms with Crippen molar-refractivity contribution in [2.24, 2.45) is 0 Å². The van der Waals surface area contributed by atoms with E-state index in [1.54, 1.807) is 91.0 Å². The Morgan fingerprint density at radius 1 is 0.547 bits per heavy atom. The third kappa shape index (κ3) is 8.32. The molecule has 1 N–H and O–H groups in total. The zero-order valence-electron chi connectivity index (χ0n) is 29.7. The van der Waals surface area contributed by atoms with E-state index in [0.717, 1.165) is 10.4 Å². The molecule has 53 heavy (non-hydrogen) atoms. The number of ether oxygens (including phenoxy) is 4. The highest BCUT2D eigenvalue weighted by molar-refractivity contribution is 6.99. The molecule has 1 saturated heterocycles. The average Bonchev–Trinajstić information content (AvgIpc) is 3.18. The van der Waals surface area contributed by atoms with Gasteiger partial charge in [0.2, 0.25) is 0 Å². The van der Waals surface area contributed by atoms with Gasteiger partial charge in [0, 0.05) is 0 Å². The molecule has 5 aromatic carbocycles. The van der Waals surface area contributed by atoms with E-state index in [0.29, 0.717) is 0 Å². The van der Waals surface area contributed by atoms with Crippen LogP contribution in [0.5, 0.6) is 0 Å². The number of carbonyl (C=O) groups excluding carboxylic acids is 3. The van der Waals surface area contributed by atoms with Crippen LogP contribution in [0, 0.1) is 0 Å². The van der Waals surface area contributed by atoms with Gasteiger partial charge in [-0.05, 0) is 51.8 Å². The molecular weight excluding hydrogens is 689 g/mol. The Labute approximate surface area is 310 Å². The lowest BCUT2D eigenvalue weighted by atomic mass is 9.98. The minimum Gasteiger partial charge on any atom is -0.452 e. The van der Waals surface area contributed by atoms with Gasteiger partial charge in [-0.1, -0.05) is 136 Å². The Hall–Kier alpha value is -5.39. The molecule has 1 heterocycles. The van der Waals surface area contributed by atoms with E-state index in [9.17, 15) is 19.5 Å². The molecule has 1 fully saturated rings. The largest absolute Gasteiger partial charge is 0.452 e. The fraction of sp³-hybridized carbons (Fsp3) is 0.233. The fourth-order valence-corrected chi connectivity index (χ4v) is 11.3. The maximum Gasteiger partial charge on any atom is 0.338 e. The number of carbonyl (C=O) groups is 3. The summed E-state index contributed by atoms with van der Waals surface area (Å²) in [6.45, 7) is 6.17. The Kier molecular flexibility index (Phi) is 11.6. The number of hydrogen-bond donors (Lipinski definition) is 1. The van der Waals surface area contributed by atoms with E-state index in [1.165, 1.54) is 0 Å². The van der Waals surface area contributed by atoms with Gasteiger partial charge in [-0.3, -0.25) is 0 Å². The van der Waals surface area contributed by atoms with Gasteiger partial charge in [-0.25, -0.2) is 14.4 Å². The van der Waals surface area contributed by atoms with E-state index in [1.807, 2.05) is 60.7 Å². The zero-order chi connectivity index (χ0) is 37.4. The Balaban J connectivity index is 1.43. The minimum absolute atomic E-state index is 0.185. The van der Waals surface area contributed by atoms with Gasteiger partial charge >= 0.3 is 17.9 Å². The first-order chi connectivity index (χ1) is 25.6. The highest BCUT2D eigenvalue weighted by Crippen LogP contribution is 2.38. The van der Waals surface area contributed by atoms with Crippen molar-refractivity contribution in [1.29, 1.82) is 0 Å². The zero-order valence-corrected chi connectivity index (χ0v) is 30.7. The summed E-state index contributed by atoms with van der Waals surface area (Å²) in [5, 5.41) is 13.2. The number of hydrogen-bond acceptors (Lipinski definition) is 9. The summed E-state index contributed by atoms with van der Waals surface area (Å²) in [5.74, 6) is -2.31. The topological polar surface area (TPSA) is 118 Å². The molecule has 272 valence electrons. The lowest BCUT2D eigenvalue weighted by Gasteiger charge is -2.46. The van der Waals surface area contributed by atoms with Gasteiger partial charge in [0.05, 0.1) is 23.3 Å². The molecule has 0 amide bonds. The van der Waals surface area contributed by atoms with Crippen molar-refractivity contribution in [1.82, 2.24) is 0 Å². The van der Waals surface area contributed by atoms with Crippen LogP contribution in [0.1, 0.15) is 51.8 Å². The summed E-state index contributed by atoms with van der Waals surface area (Å²) in [6.07, 6.45) is -7.48. The van der Waals surface area contributed by atoms with Crippen molar-refractivity contribution in [3.8, 4) is 0 Å². The second-order valence-electron chi connectivity index (χ2n) is 13.7. The predicted octanol–water partition coefficient (Wildman–Crippen LogP) is 5.96. The molecule has 0 aliphatic carbocycles. The molecule has 0 saturated carbocycles. The molecule has 9 nitrogen and oxygen atoms in total. The summed E-state index contributed by atoms with van der Waals surface area (Å²) >= 11 is 0. The van der Waals surface area contributed by atoms with Gasteiger partial charge < -0.3 is 28.5 Å². The summed E-state index contributed by atoms with van der Waals surface area (Å²) < 4.78 is 31.4. The number of rotatable bonds is 11. The first-order valence-electron chi connectivity index (χ1n) is 17.4. The van der Waals surface area contributed by atoms with Crippen LogP contribution in [0.3, 0.4) is 0 Å². The minimum atomic E-state index is -3.18. The predicted molar refractivity (Wildman–Crippen MR) is 201 cm³/mol. The van der Waals surface area contributed by atoms with Crippen molar-refractivity contribution >= 4 is 36.6 Å². The third-order valence-electron chi connectivity index (χ3n) is 9.25. The van der Waals surface area contributed by atoms with Crippen LogP contribution in [0.15, 0.2) is 152 Å². The SMILES string of the molecule is CC(C)(C)[Si](OC[C@H]1O[C@H](O)[C@@H](OC(=O)c2ccccc2)[C@@H](OC(=O)c2ccccc2)[C@@H]1OC(=O)c1ccccc1)(c1ccccc1)c1ccccc1. The quantitative estimate of drug-likeness (QED) is 0.0999. The van der Waals surface area contributed by atoms with E-state index >= 15 is 0 Å². The second-order valence-corrected chi connectivity index (χ2v) is 18.1. The third-order valence-corrected chi connectivity index (χ3v) is 14.3. The van der Waals surface area contributed by atoms with Crippen molar-refractivity contribution < 1.29 is 42.9 Å². The average molecular weight is 731 g/mol. The molecule has 5 atom stereocenters. The van der Waals surface area contributed by atoms with Crippen molar-refractivity contribution in [2.45, 2.75) is 56.5 Å². The molecule has 0 radical (unpaired) electrons. The molecule has 0 spiro atoms. The highest BCUT2D eigenvalue weighted by atomic mass is 28.4. The second kappa shape index (κ2) is 16.5. The van der Waals surface area contributed by atoms with Gasteiger partial charge in [0.25, 0.3) is 8.32 Å². The van der Waals surface area contributed by atoms with Crippen molar-refractivity contribution in [2.75, 3.05) is 6.61 Å². The van der Waals surface area contributed by atoms with Crippen LogP contribution in [-0.4, -0.2) is 68.6 Å². The molecule has 0 aromatic heterocycles. The van der Waals surface area contributed by atoms with Crippen LogP contribution in [0.2, 0.25) is 5.04 Å². The molecule has 0 bridgehead atoms. The molecule has 1 aliphatic rings. The summed E-state index contributed by atoms with van der Waals surface area (Å²) in [4.78, 5) is 40.9. The van der Waals surface area contributed by atoms with E-state index in [4.69, 9.17) is 23.4 Å². The van der Waals surface area contributed by atoms with E-state index in [-0.39, 0.29) is 23.3 Å². The van der Waals surface area contributed by atoms with Crippen molar-refractivity contribution in [3.05, 3.63) is 168 Å². The summed E-state index contributed by atoms with van der Waals surface area (Å²) in [5.41, 5.74) is 0.633. The van der Waals surface area contributed by atoms with E-state index < -0.39 is 62.0 Å². The first-order valence-corrected chi connectivity index (χ1v) is 19.4. The van der Waals surface area contributed by atoms with Crippen LogP contribution in [0.25, 0.3) is 0 Å². The van der Waals surface area contributed by atoms with Crippen molar-refractivity contribution in [3.63, 3.8) is 0 Å². The number of aliphatic hydroxyl groups excluding tert-OH is 1. The smallest absolute Gasteiger partial charge is 0.338 e. The molecular formula is C43H42O9Si. The van der Waals surface area contributed by atoms with Crippen LogP contribution < -0.4 is 10.4 Å².